The van der Waals surface area contributed by atoms with E-state index in [0.29, 0.717) is 0 Å². The molecule has 0 radical (unpaired) electrons. The summed E-state index contributed by atoms with van der Waals surface area (Å²) in [5.74, 6) is 0. The molecule has 1 heterocycles. The number of alkyl halides is 3. The lowest BCUT2D eigenvalue weighted by Gasteiger charge is -2.15. The SMILES string of the molecule is CC(C)([OH2+])c1c(Br)n[nH]c1C(F)(F)F. The molecule has 0 aliphatic rings. The molecule has 3 nitrogen and oxygen atoms in total. The highest BCUT2D eigenvalue weighted by molar-refractivity contribution is 9.10. The van der Waals surface area contributed by atoms with Gasteiger partial charge in [0.25, 0.3) is 0 Å². The average Bonchev–Trinajstić information content (AvgIpc) is 2.27. The monoisotopic (exact) mass is 273 g/mol. The van der Waals surface area contributed by atoms with Crippen molar-refractivity contribution in [2.24, 2.45) is 0 Å². The van der Waals surface area contributed by atoms with Crippen LogP contribution in [0.25, 0.3) is 0 Å². The fraction of sp³-hybridized carbons (Fsp3) is 0.571. The number of nitrogens with one attached hydrogen (secondary N) is 1. The molecule has 0 amide bonds. The van der Waals surface area contributed by atoms with E-state index in [9.17, 15) is 13.2 Å². The number of nitrogens with zero attached hydrogens (tertiary/aromatic N) is 1. The van der Waals surface area contributed by atoms with E-state index in [1.54, 1.807) is 0 Å². The minimum atomic E-state index is -4.51. The maximum absolute atomic E-state index is 12.4. The first-order chi connectivity index (χ1) is 6.14. The molecule has 3 N–H and O–H groups in total. The van der Waals surface area contributed by atoms with Gasteiger partial charge in [0.1, 0.15) is 4.60 Å². The van der Waals surface area contributed by atoms with Crippen LogP contribution in [0, 0.1) is 0 Å². The first-order valence-electron chi connectivity index (χ1n) is 3.70. The van der Waals surface area contributed by atoms with Crippen LogP contribution in [0.3, 0.4) is 0 Å². The zero-order valence-corrected chi connectivity index (χ0v) is 9.05. The number of aromatic nitrogens is 2. The number of halogens is 4. The van der Waals surface area contributed by atoms with Gasteiger partial charge in [0, 0.05) is 13.8 Å². The number of hydrogen-bond donors (Lipinski definition) is 1. The molecule has 1 aromatic heterocycles. The van der Waals surface area contributed by atoms with Gasteiger partial charge < -0.3 is 5.11 Å². The predicted octanol–water partition coefficient (Wildman–Crippen LogP) is 2.15. The van der Waals surface area contributed by atoms with Crippen LogP contribution in [0.1, 0.15) is 25.1 Å². The van der Waals surface area contributed by atoms with Crippen LogP contribution in [0.4, 0.5) is 13.2 Å². The Labute approximate surface area is 86.4 Å². The van der Waals surface area contributed by atoms with Crippen LogP contribution in [0.2, 0.25) is 0 Å². The molecule has 0 bridgehead atoms. The Morgan fingerprint density at radius 1 is 1.36 bits per heavy atom. The zero-order chi connectivity index (χ0) is 11.1. The van der Waals surface area contributed by atoms with Gasteiger partial charge in [-0.05, 0) is 15.9 Å². The lowest BCUT2D eigenvalue weighted by molar-refractivity contribution is -0.143. The second kappa shape index (κ2) is 3.23. The summed E-state index contributed by atoms with van der Waals surface area (Å²) >= 11 is 2.88. The van der Waals surface area contributed by atoms with Gasteiger partial charge in [0.05, 0.1) is 5.56 Å². The predicted molar refractivity (Wildman–Crippen MR) is 47.9 cm³/mol. The largest absolute Gasteiger partial charge is 0.438 e. The highest BCUT2D eigenvalue weighted by Crippen LogP contribution is 2.38. The number of hydrogen-bond acceptors (Lipinski definition) is 1. The van der Waals surface area contributed by atoms with Gasteiger partial charge in [0.2, 0.25) is 0 Å². The van der Waals surface area contributed by atoms with Crippen LogP contribution >= 0.6 is 15.9 Å². The Balaban J connectivity index is 3.35. The second-order valence-electron chi connectivity index (χ2n) is 3.39. The topological polar surface area (TPSA) is 51.6 Å². The lowest BCUT2D eigenvalue weighted by Crippen LogP contribution is -2.21. The van der Waals surface area contributed by atoms with E-state index in [2.05, 4.69) is 21.0 Å². The Hall–Kier alpha value is -0.560. The van der Waals surface area contributed by atoms with Crippen LogP contribution in [0.5, 0.6) is 0 Å². The van der Waals surface area contributed by atoms with E-state index in [0.717, 1.165) is 0 Å². The second-order valence-corrected chi connectivity index (χ2v) is 4.14. The van der Waals surface area contributed by atoms with Crippen molar-refractivity contribution < 1.29 is 18.3 Å². The summed E-state index contributed by atoms with van der Waals surface area (Å²) in [6.45, 7) is 2.75. The molecule has 0 aliphatic carbocycles. The Morgan fingerprint density at radius 2 is 1.86 bits per heavy atom. The fourth-order valence-corrected chi connectivity index (χ4v) is 1.88. The zero-order valence-electron chi connectivity index (χ0n) is 7.46. The molecule has 1 aromatic rings. The van der Waals surface area contributed by atoms with Crippen molar-refractivity contribution in [1.82, 2.24) is 10.2 Å². The summed E-state index contributed by atoms with van der Waals surface area (Å²) in [5, 5.41) is 12.8. The number of rotatable bonds is 1. The van der Waals surface area contributed by atoms with Gasteiger partial charge in [-0.2, -0.15) is 18.3 Å². The van der Waals surface area contributed by atoms with E-state index < -0.39 is 17.5 Å². The van der Waals surface area contributed by atoms with Crippen LogP contribution in [0.15, 0.2) is 4.60 Å². The molecule has 0 atom stereocenters. The molecule has 0 saturated carbocycles. The summed E-state index contributed by atoms with van der Waals surface area (Å²) in [6.07, 6.45) is -4.51. The third-order valence-corrected chi connectivity index (χ3v) is 2.20. The van der Waals surface area contributed by atoms with Crippen molar-refractivity contribution in [1.29, 1.82) is 0 Å². The van der Waals surface area contributed by atoms with Gasteiger partial charge in [-0.1, -0.05) is 0 Å². The van der Waals surface area contributed by atoms with Crippen LogP contribution in [-0.2, 0) is 11.8 Å². The van der Waals surface area contributed by atoms with Crippen molar-refractivity contribution in [3.05, 3.63) is 15.9 Å². The highest BCUT2D eigenvalue weighted by atomic mass is 79.9. The summed E-state index contributed by atoms with van der Waals surface area (Å²) in [7, 11) is 0. The number of aromatic amines is 1. The Kier molecular flexibility index (Phi) is 2.66. The summed E-state index contributed by atoms with van der Waals surface area (Å²) in [4.78, 5) is 0. The van der Waals surface area contributed by atoms with Crippen LogP contribution < -0.4 is 0 Å². The third kappa shape index (κ3) is 2.09. The number of H-pyrrole nitrogens is 1. The molecular formula is C7H9BrF3N2O+. The lowest BCUT2D eigenvalue weighted by atomic mass is 9.99. The van der Waals surface area contributed by atoms with Crippen molar-refractivity contribution in [2.45, 2.75) is 25.6 Å². The maximum atomic E-state index is 12.4. The van der Waals surface area contributed by atoms with E-state index in [1.165, 1.54) is 13.8 Å². The normalized spacial score (nSPS) is 13.4. The molecule has 1 rings (SSSR count). The van der Waals surface area contributed by atoms with Gasteiger partial charge in [-0.25, -0.2) is 0 Å². The molecule has 80 valence electrons. The van der Waals surface area contributed by atoms with Crippen molar-refractivity contribution in [3.8, 4) is 0 Å². The minimum Gasteiger partial charge on any atom is -0.438 e. The third-order valence-electron chi connectivity index (χ3n) is 1.63. The minimum absolute atomic E-state index is 0.0322. The standard InChI is InChI=1S/C7H8BrF3N2O/c1-6(2,14)3-4(7(9,10)11)12-13-5(3)8/h14H,1-2H3,(H,12,13)/p+1. The van der Waals surface area contributed by atoms with Crippen molar-refractivity contribution >= 4 is 15.9 Å². The van der Waals surface area contributed by atoms with Gasteiger partial charge in [-0.3, -0.25) is 5.10 Å². The van der Waals surface area contributed by atoms with E-state index in [-0.39, 0.29) is 10.2 Å². The molecule has 7 heteroatoms. The van der Waals surface area contributed by atoms with Gasteiger partial charge in [0.15, 0.2) is 11.3 Å². The molecular weight excluding hydrogens is 265 g/mol. The van der Waals surface area contributed by atoms with E-state index >= 15 is 0 Å². The van der Waals surface area contributed by atoms with Crippen LogP contribution in [-0.4, -0.2) is 15.3 Å². The highest BCUT2D eigenvalue weighted by Gasteiger charge is 2.43. The fourth-order valence-electron chi connectivity index (χ4n) is 1.10. The molecule has 14 heavy (non-hydrogen) atoms. The Morgan fingerprint density at radius 3 is 2.14 bits per heavy atom. The smallest absolute Gasteiger partial charge is 0.433 e. The Bertz CT molecular complexity index is 340. The summed E-state index contributed by atoms with van der Waals surface area (Å²) < 4.78 is 37.3. The molecule has 0 aliphatic heterocycles. The quantitative estimate of drug-likeness (QED) is 0.784. The summed E-state index contributed by atoms with van der Waals surface area (Å²) in [6, 6.07) is 0. The molecule has 0 unspecified atom stereocenters. The summed E-state index contributed by atoms with van der Waals surface area (Å²) in [5.41, 5.74) is -2.49. The van der Waals surface area contributed by atoms with E-state index in [4.69, 9.17) is 5.11 Å². The molecule has 0 aromatic carbocycles. The average molecular weight is 274 g/mol. The van der Waals surface area contributed by atoms with Gasteiger partial charge in [-0.15, -0.1) is 0 Å². The molecule has 0 fully saturated rings. The maximum Gasteiger partial charge on any atom is 0.433 e. The van der Waals surface area contributed by atoms with Crippen molar-refractivity contribution in [2.75, 3.05) is 0 Å². The molecule has 0 spiro atoms. The van der Waals surface area contributed by atoms with Gasteiger partial charge >= 0.3 is 6.18 Å². The van der Waals surface area contributed by atoms with Crippen molar-refractivity contribution in [3.63, 3.8) is 0 Å². The first kappa shape index (κ1) is 11.5. The molecule has 0 saturated heterocycles. The van der Waals surface area contributed by atoms with E-state index in [1.807, 2.05) is 5.10 Å². The first-order valence-corrected chi connectivity index (χ1v) is 4.50.